The van der Waals surface area contributed by atoms with Crippen molar-refractivity contribution in [1.82, 2.24) is 4.98 Å². The maximum atomic E-state index is 10.7. The molecule has 0 saturated carbocycles. The Labute approximate surface area is 76.5 Å². The molecule has 0 fully saturated rings. The lowest BCUT2D eigenvalue weighted by Gasteiger charge is -2.04. The van der Waals surface area contributed by atoms with E-state index in [2.05, 4.69) is 9.72 Å². The zero-order chi connectivity index (χ0) is 9.68. The molecule has 0 aliphatic rings. The van der Waals surface area contributed by atoms with Crippen molar-refractivity contribution >= 4 is 5.97 Å². The summed E-state index contributed by atoms with van der Waals surface area (Å²) in [6.07, 6.45) is 1.63. The third-order valence-electron chi connectivity index (χ3n) is 1.45. The van der Waals surface area contributed by atoms with Crippen LogP contribution in [0.4, 0.5) is 0 Å². The molecule has 0 aliphatic carbocycles. The molecular formula is C9H11NO3. The van der Waals surface area contributed by atoms with Crippen LogP contribution in [0.1, 0.15) is 5.69 Å². The van der Waals surface area contributed by atoms with Crippen LogP contribution < -0.4 is 4.74 Å². The maximum absolute atomic E-state index is 10.7. The Balaban J connectivity index is 2.50. The average Bonchev–Trinajstić information content (AvgIpc) is 2.14. The number of nitrogens with zero attached hydrogens (tertiary/aromatic N) is 1. The summed E-state index contributed by atoms with van der Waals surface area (Å²) in [6, 6.07) is 3.44. The molecule has 0 saturated heterocycles. The molecule has 0 radical (unpaired) electrons. The molecule has 4 nitrogen and oxygen atoms in total. The smallest absolute Gasteiger partial charge is 0.343 e. The summed E-state index contributed by atoms with van der Waals surface area (Å²) in [5, 5.41) is 0. The molecule has 0 aliphatic heterocycles. The first kappa shape index (κ1) is 9.51. The van der Waals surface area contributed by atoms with Gasteiger partial charge < -0.3 is 9.47 Å². The molecule has 13 heavy (non-hydrogen) atoms. The lowest BCUT2D eigenvalue weighted by molar-refractivity contribution is -0.142. The van der Waals surface area contributed by atoms with E-state index in [0.717, 1.165) is 5.69 Å². The number of esters is 1. The molecule has 70 valence electrons. The standard InChI is InChI=1S/C9H11NO3/c1-7-5-8(3-4-10-7)13-6-9(11)12-2/h3-5H,6H2,1-2H3. The first-order valence-electron chi connectivity index (χ1n) is 3.84. The van der Waals surface area contributed by atoms with Gasteiger partial charge >= 0.3 is 5.97 Å². The summed E-state index contributed by atoms with van der Waals surface area (Å²) >= 11 is 0. The first-order chi connectivity index (χ1) is 6.22. The van der Waals surface area contributed by atoms with Crippen molar-refractivity contribution in [3.8, 4) is 5.75 Å². The molecule has 1 rings (SSSR count). The molecule has 1 heterocycles. The van der Waals surface area contributed by atoms with Gasteiger partial charge in [-0.05, 0) is 13.0 Å². The fraction of sp³-hybridized carbons (Fsp3) is 0.333. The maximum Gasteiger partial charge on any atom is 0.343 e. The van der Waals surface area contributed by atoms with Gasteiger partial charge in [0, 0.05) is 18.0 Å². The number of ether oxygens (including phenoxy) is 2. The Morgan fingerprint density at radius 1 is 1.62 bits per heavy atom. The second kappa shape index (κ2) is 4.45. The van der Waals surface area contributed by atoms with E-state index in [1.807, 2.05) is 6.92 Å². The topological polar surface area (TPSA) is 48.4 Å². The van der Waals surface area contributed by atoms with Crippen LogP contribution >= 0.6 is 0 Å². The molecule has 1 aromatic rings. The molecular weight excluding hydrogens is 170 g/mol. The summed E-state index contributed by atoms with van der Waals surface area (Å²) in [6.45, 7) is 1.78. The zero-order valence-electron chi connectivity index (χ0n) is 7.61. The van der Waals surface area contributed by atoms with Crippen LogP contribution in [0.15, 0.2) is 18.3 Å². The van der Waals surface area contributed by atoms with Gasteiger partial charge in [-0.3, -0.25) is 4.98 Å². The molecule has 0 atom stereocenters. The van der Waals surface area contributed by atoms with Crippen molar-refractivity contribution in [1.29, 1.82) is 0 Å². The van der Waals surface area contributed by atoms with Crippen LogP contribution in [-0.4, -0.2) is 24.7 Å². The summed E-state index contributed by atoms with van der Waals surface area (Å²) < 4.78 is 9.55. The number of hydrogen-bond acceptors (Lipinski definition) is 4. The second-order valence-electron chi connectivity index (χ2n) is 2.50. The minimum Gasteiger partial charge on any atom is -0.482 e. The average molecular weight is 181 g/mol. The zero-order valence-corrected chi connectivity index (χ0v) is 7.61. The fourth-order valence-corrected chi connectivity index (χ4v) is 0.811. The lowest BCUT2D eigenvalue weighted by atomic mass is 10.3. The third-order valence-corrected chi connectivity index (χ3v) is 1.45. The van der Waals surface area contributed by atoms with E-state index in [1.54, 1.807) is 18.3 Å². The number of aryl methyl sites for hydroxylation is 1. The Kier molecular flexibility index (Phi) is 3.25. The molecule has 0 bridgehead atoms. The summed E-state index contributed by atoms with van der Waals surface area (Å²) in [5.74, 6) is 0.229. The molecule has 4 heteroatoms. The van der Waals surface area contributed by atoms with Crippen LogP contribution in [0, 0.1) is 6.92 Å². The fourth-order valence-electron chi connectivity index (χ4n) is 0.811. The molecule has 0 unspecified atom stereocenters. The van der Waals surface area contributed by atoms with Gasteiger partial charge in [-0.25, -0.2) is 4.79 Å². The molecule has 0 N–H and O–H groups in total. The van der Waals surface area contributed by atoms with Crippen molar-refractivity contribution in [3.05, 3.63) is 24.0 Å². The van der Waals surface area contributed by atoms with Crippen LogP contribution in [0.25, 0.3) is 0 Å². The van der Waals surface area contributed by atoms with E-state index in [9.17, 15) is 4.79 Å². The highest BCUT2D eigenvalue weighted by Crippen LogP contribution is 2.09. The van der Waals surface area contributed by atoms with E-state index >= 15 is 0 Å². The highest BCUT2D eigenvalue weighted by atomic mass is 16.6. The van der Waals surface area contributed by atoms with Gasteiger partial charge in [0.15, 0.2) is 6.61 Å². The summed E-state index contributed by atoms with van der Waals surface area (Å²) in [5.41, 5.74) is 0.849. The molecule has 0 amide bonds. The minimum atomic E-state index is -0.394. The van der Waals surface area contributed by atoms with Gasteiger partial charge in [0.2, 0.25) is 0 Å². The molecule has 1 aromatic heterocycles. The third kappa shape index (κ3) is 3.11. The van der Waals surface area contributed by atoms with E-state index in [0.29, 0.717) is 5.75 Å². The predicted octanol–water partition coefficient (Wildman–Crippen LogP) is 0.942. The Bertz CT molecular complexity index is 299. The van der Waals surface area contributed by atoms with Crippen molar-refractivity contribution in [2.75, 3.05) is 13.7 Å². The van der Waals surface area contributed by atoms with Crippen LogP contribution in [-0.2, 0) is 9.53 Å². The van der Waals surface area contributed by atoms with Crippen molar-refractivity contribution in [2.24, 2.45) is 0 Å². The van der Waals surface area contributed by atoms with Gasteiger partial charge in [-0.15, -0.1) is 0 Å². The number of carbonyl (C=O) groups is 1. The van der Waals surface area contributed by atoms with Crippen molar-refractivity contribution in [3.63, 3.8) is 0 Å². The monoisotopic (exact) mass is 181 g/mol. The Morgan fingerprint density at radius 2 is 2.38 bits per heavy atom. The van der Waals surface area contributed by atoms with E-state index in [1.165, 1.54) is 7.11 Å². The number of pyridine rings is 1. The highest BCUT2D eigenvalue weighted by molar-refractivity contribution is 5.70. The second-order valence-corrected chi connectivity index (χ2v) is 2.50. The normalized spacial score (nSPS) is 9.38. The number of methoxy groups -OCH3 is 1. The number of carbonyl (C=O) groups excluding carboxylic acids is 1. The van der Waals surface area contributed by atoms with Gasteiger partial charge in [-0.1, -0.05) is 0 Å². The Hall–Kier alpha value is -1.58. The van der Waals surface area contributed by atoms with Crippen molar-refractivity contribution < 1.29 is 14.3 Å². The van der Waals surface area contributed by atoms with Gasteiger partial charge in [0.1, 0.15) is 5.75 Å². The summed E-state index contributed by atoms with van der Waals surface area (Å²) in [4.78, 5) is 14.7. The van der Waals surface area contributed by atoms with Gasteiger partial charge in [0.05, 0.1) is 7.11 Å². The SMILES string of the molecule is COC(=O)COc1ccnc(C)c1. The molecule has 0 aromatic carbocycles. The van der Waals surface area contributed by atoms with Crippen LogP contribution in [0.5, 0.6) is 5.75 Å². The van der Waals surface area contributed by atoms with Gasteiger partial charge in [0.25, 0.3) is 0 Å². The van der Waals surface area contributed by atoms with Gasteiger partial charge in [-0.2, -0.15) is 0 Å². The van der Waals surface area contributed by atoms with Crippen LogP contribution in [0.2, 0.25) is 0 Å². The minimum absolute atomic E-state index is 0.0695. The quantitative estimate of drug-likeness (QED) is 0.651. The van der Waals surface area contributed by atoms with E-state index in [4.69, 9.17) is 4.74 Å². The number of hydrogen-bond donors (Lipinski definition) is 0. The number of aromatic nitrogens is 1. The lowest BCUT2D eigenvalue weighted by Crippen LogP contribution is -2.12. The van der Waals surface area contributed by atoms with Crippen molar-refractivity contribution in [2.45, 2.75) is 6.92 Å². The molecule has 0 spiro atoms. The van der Waals surface area contributed by atoms with E-state index < -0.39 is 5.97 Å². The highest BCUT2D eigenvalue weighted by Gasteiger charge is 2.01. The summed E-state index contributed by atoms with van der Waals surface area (Å²) in [7, 11) is 1.32. The van der Waals surface area contributed by atoms with E-state index in [-0.39, 0.29) is 6.61 Å². The first-order valence-corrected chi connectivity index (χ1v) is 3.84. The predicted molar refractivity (Wildman–Crippen MR) is 46.5 cm³/mol. The Morgan fingerprint density at radius 3 is 3.00 bits per heavy atom. The van der Waals surface area contributed by atoms with Crippen LogP contribution in [0.3, 0.4) is 0 Å². The number of rotatable bonds is 3. The largest absolute Gasteiger partial charge is 0.482 e.